The van der Waals surface area contributed by atoms with Gasteiger partial charge >= 0.3 is 0 Å². The van der Waals surface area contributed by atoms with Crippen LogP contribution in [0, 0.1) is 0 Å². The van der Waals surface area contributed by atoms with E-state index in [2.05, 4.69) is 39.4 Å². The summed E-state index contributed by atoms with van der Waals surface area (Å²) in [6.45, 7) is 4.92. The Morgan fingerprint density at radius 3 is 2.38 bits per heavy atom. The molecular weight excluding hydrogens is 326 g/mol. The van der Waals surface area contributed by atoms with Crippen LogP contribution in [0.5, 0.6) is 0 Å². The van der Waals surface area contributed by atoms with Crippen LogP contribution in [0.2, 0.25) is 0 Å². The van der Waals surface area contributed by atoms with E-state index in [1.165, 1.54) is 5.56 Å². The van der Waals surface area contributed by atoms with Crippen LogP contribution in [-0.2, 0) is 21.2 Å². The van der Waals surface area contributed by atoms with Crippen molar-refractivity contribution >= 4 is 15.7 Å². The molecule has 0 spiro atoms. The molecule has 2 saturated heterocycles. The zero-order valence-electron chi connectivity index (χ0n) is 13.9. The third-order valence-electron chi connectivity index (χ3n) is 4.68. The van der Waals surface area contributed by atoms with E-state index in [1.807, 2.05) is 6.07 Å². The fraction of sp³-hybridized carbons (Fsp3) is 0.588. The molecule has 1 unspecified atom stereocenters. The Balaban J connectivity index is 1.38. The number of hydrogen-bond donors (Lipinski definition) is 1. The molecule has 6 nitrogen and oxygen atoms in total. The second-order valence-electron chi connectivity index (χ2n) is 6.71. The fourth-order valence-corrected chi connectivity index (χ4v) is 5.01. The fourth-order valence-electron chi connectivity index (χ4n) is 3.33. The highest BCUT2D eigenvalue weighted by Gasteiger charge is 2.29. The molecule has 7 heteroatoms. The molecule has 132 valence electrons. The summed E-state index contributed by atoms with van der Waals surface area (Å²) in [6.07, 6.45) is 0.541. The lowest BCUT2D eigenvalue weighted by molar-refractivity contribution is -0.123. The van der Waals surface area contributed by atoms with Crippen molar-refractivity contribution in [2.24, 2.45) is 0 Å². The van der Waals surface area contributed by atoms with Crippen molar-refractivity contribution in [3.8, 4) is 0 Å². The van der Waals surface area contributed by atoms with Crippen LogP contribution < -0.4 is 5.32 Å². The van der Waals surface area contributed by atoms with Gasteiger partial charge in [0.15, 0.2) is 9.84 Å². The van der Waals surface area contributed by atoms with Crippen molar-refractivity contribution in [3.63, 3.8) is 0 Å². The van der Waals surface area contributed by atoms with Gasteiger partial charge in [0.05, 0.1) is 18.1 Å². The number of hydrogen-bond acceptors (Lipinski definition) is 5. The van der Waals surface area contributed by atoms with Crippen molar-refractivity contribution in [3.05, 3.63) is 35.9 Å². The number of sulfone groups is 1. The Labute approximate surface area is 143 Å². The second kappa shape index (κ2) is 7.63. The van der Waals surface area contributed by atoms with Gasteiger partial charge in [-0.05, 0) is 12.0 Å². The van der Waals surface area contributed by atoms with E-state index in [1.54, 1.807) is 0 Å². The molecule has 3 rings (SSSR count). The molecule has 1 N–H and O–H groups in total. The largest absolute Gasteiger partial charge is 0.351 e. The van der Waals surface area contributed by atoms with Crippen LogP contribution in [0.3, 0.4) is 0 Å². The maximum absolute atomic E-state index is 12.1. The first-order valence-electron chi connectivity index (χ1n) is 8.49. The number of carbonyl (C=O) groups is 1. The zero-order valence-corrected chi connectivity index (χ0v) is 14.7. The maximum Gasteiger partial charge on any atom is 0.234 e. The van der Waals surface area contributed by atoms with Crippen LogP contribution in [-0.4, -0.2) is 74.4 Å². The summed E-state index contributed by atoms with van der Waals surface area (Å²) in [5, 5.41) is 2.86. The molecule has 2 aliphatic rings. The third kappa shape index (κ3) is 5.03. The molecule has 2 fully saturated rings. The molecule has 0 bridgehead atoms. The van der Waals surface area contributed by atoms with Gasteiger partial charge in [-0.25, -0.2) is 8.42 Å². The molecule has 0 radical (unpaired) electrons. The first kappa shape index (κ1) is 17.4. The van der Waals surface area contributed by atoms with Crippen molar-refractivity contribution in [1.29, 1.82) is 0 Å². The Morgan fingerprint density at radius 1 is 1.08 bits per heavy atom. The number of nitrogens with one attached hydrogen (secondary N) is 1. The maximum atomic E-state index is 12.1. The van der Waals surface area contributed by atoms with E-state index in [9.17, 15) is 13.2 Å². The monoisotopic (exact) mass is 351 g/mol. The Hall–Kier alpha value is -1.44. The number of nitrogens with zero attached hydrogens (tertiary/aromatic N) is 2. The van der Waals surface area contributed by atoms with E-state index < -0.39 is 9.84 Å². The SMILES string of the molecule is O=C(CN1CCN(Cc2ccccc2)CC1)NC1CCS(=O)(=O)C1. The van der Waals surface area contributed by atoms with Crippen molar-refractivity contribution in [2.45, 2.75) is 19.0 Å². The van der Waals surface area contributed by atoms with Gasteiger partial charge in [-0.3, -0.25) is 14.6 Å². The lowest BCUT2D eigenvalue weighted by atomic mass is 10.2. The van der Waals surface area contributed by atoms with Crippen LogP contribution in [0.25, 0.3) is 0 Å². The summed E-state index contributed by atoms with van der Waals surface area (Å²) >= 11 is 0. The molecule has 0 aliphatic carbocycles. The van der Waals surface area contributed by atoms with E-state index in [-0.39, 0.29) is 23.5 Å². The quantitative estimate of drug-likeness (QED) is 0.815. The molecule has 1 amide bonds. The smallest absolute Gasteiger partial charge is 0.234 e. The van der Waals surface area contributed by atoms with Gasteiger partial charge < -0.3 is 5.32 Å². The standard InChI is InChI=1S/C17H25N3O3S/c21-17(18-16-6-11-24(22,23)14-16)13-20-9-7-19(8-10-20)12-15-4-2-1-3-5-15/h1-5,16H,6-14H2,(H,18,21). The number of amides is 1. The van der Waals surface area contributed by atoms with Crippen LogP contribution in [0.15, 0.2) is 30.3 Å². The number of piperazine rings is 1. The highest BCUT2D eigenvalue weighted by Crippen LogP contribution is 2.12. The summed E-state index contributed by atoms with van der Waals surface area (Å²) in [5.41, 5.74) is 1.31. The zero-order chi connectivity index (χ0) is 17.0. The van der Waals surface area contributed by atoms with Gasteiger partial charge in [0, 0.05) is 38.8 Å². The molecule has 2 aliphatic heterocycles. The van der Waals surface area contributed by atoms with Gasteiger partial charge in [0.25, 0.3) is 0 Å². The van der Waals surface area contributed by atoms with Gasteiger partial charge in [0.2, 0.25) is 5.91 Å². The van der Waals surface area contributed by atoms with E-state index in [0.717, 1.165) is 32.7 Å². The molecule has 0 aromatic heterocycles. The van der Waals surface area contributed by atoms with E-state index in [0.29, 0.717) is 13.0 Å². The minimum absolute atomic E-state index is 0.0615. The summed E-state index contributed by atoms with van der Waals surface area (Å²) in [7, 11) is -2.95. The average molecular weight is 351 g/mol. The molecule has 0 saturated carbocycles. The molecule has 1 aromatic carbocycles. The van der Waals surface area contributed by atoms with E-state index in [4.69, 9.17) is 0 Å². The van der Waals surface area contributed by atoms with Crippen molar-refractivity contribution < 1.29 is 13.2 Å². The minimum Gasteiger partial charge on any atom is -0.351 e. The summed E-state index contributed by atoms with van der Waals surface area (Å²) < 4.78 is 22.9. The van der Waals surface area contributed by atoms with Crippen molar-refractivity contribution in [2.75, 3.05) is 44.2 Å². The van der Waals surface area contributed by atoms with Gasteiger partial charge in [-0.15, -0.1) is 0 Å². The van der Waals surface area contributed by atoms with Crippen molar-refractivity contribution in [1.82, 2.24) is 15.1 Å². The first-order valence-corrected chi connectivity index (χ1v) is 10.3. The third-order valence-corrected chi connectivity index (χ3v) is 6.45. The molecule has 24 heavy (non-hydrogen) atoms. The van der Waals surface area contributed by atoms with Gasteiger partial charge in [-0.1, -0.05) is 30.3 Å². The Morgan fingerprint density at radius 2 is 1.75 bits per heavy atom. The van der Waals surface area contributed by atoms with Crippen LogP contribution in [0.1, 0.15) is 12.0 Å². The van der Waals surface area contributed by atoms with Gasteiger partial charge in [0.1, 0.15) is 0 Å². The number of rotatable bonds is 5. The normalized spacial score (nSPS) is 24.8. The predicted octanol–water partition coefficient (Wildman–Crippen LogP) is 0.108. The highest BCUT2D eigenvalue weighted by atomic mass is 32.2. The Kier molecular flexibility index (Phi) is 5.53. The summed E-state index contributed by atoms with van der Waals surface area (Å²) in [4.78, 5) is 16.6. The van der Waals surface area contributed by atoms with Crippen LogP contribution in [0.4, 0.5) is 0 Å². The lowest BCUT2D eigenvalue weighted by Crippen LogP contribution is -2.50. The molecule has 2 heterocycles. The minimum atomic E-state index is -2.95. The summed E-state index contributed by atoms with van der Waals surface area (Å²) in [5.74, 6) is 0.216. The lowest BCUT2D eigenvalue weighted by Gasteiger charge is -2.34. The average Bonchev–Trinajstić information content (AvgIpc) is 2.89. The summed E-state index contributed by atoms with van der Waals surface area (Å²) in [6, 6.07) is 10.2. The van der Waals surface area contributed by atoms with Gasteiger partial charge in [-0.2, -0.15) is 0 Å². The topological polar surface area (TPSA) is 69.7 Å². The van der Waals surface area contributed by atoms with Crippen LogP contribution >= 0.6 is 0 Å². The highest BCUT2D eigenvalue weighted by molar-refractivity contribution is 7.91. The predicted molar refractivity (Wildman–Crippen MR) is 93.4 cm³/mol. The Bertz CT molecular complexity index is 655. The molecule has 1 atom stereocenters. The number of carbonyl (C=O) groups excluding carboxylic acids is 1. The molecular formula is C17H25N3O3S. The number of benzene rings is 1. The molecule has 1 aromatic rings. The first-order chi connectivity index (χ1) is 11.5. The van der Waals surface area contributed by atoms with E-state index >= 15 is 0 Å². The second-order valence-corrected chi connectivity index (χ2v) is 8.93.